The van der Waals surface area contributed by atoms with E-state index in [0.29, 0.717) is 6.61 Å². The molecule has 1 aliphatic rings. The average molecular weight is 335 g/mol. The average Bonchev–Trinajstić information content (AvgIpc) is 3.04. The molecular formula is C18H29N3O3. The topological polar surface area (TPSA) is 64.1 Å². The summed E-state index contributed by atoms with van der Waals surface area (Å²) in [5, 5.41) is 6.63. The maximum absolute atomic E-state index is 5.77. The molecule has 1 aliphatic heterocycles. The lowest BCUT2D eigenvalue weighted by Crippen LogP contribution is -2.45. The molecule has 0 aliphatic carbocycles. The predicted octanol–water partition coefficient (Wildman–Crippen LogP) is 2.20. The zero-order valence-electron chi connectivity index (χ0n) is 14.9. The maximum atomic E-state index is 5.77. The van der Waals surface area contributed by atoms with Gasteiger partial charge in [0.15, 0.2) is 5.96 Å². The molecule has 6 heteroatoms. The van der Waals surface area contributed by atoms with E-state index in [0.717, 1.165) is 56.4 Å². The van der Waals surface area contributed by atoms with Gasteiger partial charge in [-0.3, -0.25) is 4.99 Å². The normalized spacial score (nSPS) is 20.7. The molecule has 0 amide bonds. The molecule has 134 valence electrons. The summed E-state index contributed by atoms with van der Waals surface area (Å²) in [6, 6.07) is 7.64. The molecule has 24 heavy (non-hydrogen) atoms. The van der Waals surface area contributed by atoms with Crippen LogP contribution in [-0.4, -0.2) is 52.0 Å². The summed E-state index contributed by atoms with van der Waals surface area (Å²) >= 11 is 0. The highest BCUT2D eigenvalue weighted by molar-refractivity contribution is 5.79. The molecule has 0 saturated carbocycles. The van der Waals surface area contributed by atoms with Gasteiger partial charge in [0, 0.05) is 32.8 Å². The van der Waals surface area contributed by atoms with E-state index in [4.69, 9.17) is 14.2 Å². The smallest absolute Gasteiger partial charge is 0.191 e. The fraction of sp³-hybridized carbons (Fsp3) is 0.611. The van der Waals surface area contributed by atoms with Gasteiger partial charge < -0.3 is 24.8 Å². The van der Waals surface area contributed by atoms with Crippen LogP contribution in [-0.2, 0) is 4.74 Å². The van der Waals surface area contributed by atoms with Crippen LogP contribution in [0.15, 0.2) is 29.3 Å². The molecule has 0 aromatic heterocycles. The van der Waals surface area contributed by atoms with Crippen molar-refractivity contribution in [3.63, 3.8) is 0 Å². The first-order valence-electron chi connectivity index (χ1n) is 8.50. The first kappa shape index (κ1) is 18.4. The lowest BCUT2D eigenvalue weighted by molar-refractivity contribution is 0.0243. The molecule has 0 spiro atoms. The number of hydrogen-bond donors (Lipinski definition) is 2. The van der Waals surface area contributed by atoms with E-state index in [2.05, 4.69) is 22.5 Å². The van der Waals surface area contributed by atoms with Crippen LogP contribution < -0.4 is 20.1 Å². The number of aliphatic imine (C=N–C) groups is 1. The van der Waals surface area contributed by atoms with Gasteiger partial charge in [-0.1, -0.05) is 6.07 Å². The minimum atomic E-state index is -0.0763. The van der Waals surface area contributed by atoms with Crippen molar-refractivity contribution in [1.29, 1.82) is 0 Å². The first-order valence-corrected chi connectivity index (χ1v) is 8.50. The van der Waals surface area contributed by atoms with Gasteiger partial charge in [0.1, 0.15) is 11.5 Å². The van der Waals surface area contributed by atoms with Gasteiger partial charge in [0.2, 0.25) is 0 Å². The minimum absolute atomic E-state index is 0.0763. The van der Waals surface area contributed by atoms with E-state index in [1.54, 1.807) is 14.2 Å². The van der Waals surface area contributed by atoms with E-state index < -0.39 is 0 Å². The third kappa shape index (κ3) is 5.92. The van der Waals surface area contributed by atoms with Crippen LogP contribution in [0, 0.1) is 0 Å². The largest absolute Gasteiger partial charge is 0.497 e. The Hall–Kier alpha value is -1.95. The van der Waals surface area contributed by atoms with Gasteiger partial charge in [0.05, 0.1) is 19.3 Å². The van der Waals surface area contributed by atoms with Crippen LogP contribution in [0.25, 0.3) is 0 Å². The van der Waals surface area contributed by atoms with Crippen LogP contribution in [0.4, 0.5) is 0 Å². The number of methoxy groups -OCH3 is 1. The number of nitrogens with one attached hydrogen (secondary N) is 2. The zero-order chi connectivity index (χ0) is 17.3. The summed E-state index contributed by atoms with van der Waals surface area (Å²) in [5.74, 6) is 2.43. The predicted molar refractivity (Wildman–Crippen MR) is 96.1 cm³/mol. The van der Waals surface area contributed by atoms with Crippen molar-refractivity contribution in [1.82, 2.24) is 10.6 Å². The van der Waals surface area contributed by atoms with Gasteiger partial charge in [-0.25, -0.2) is 0 Å². The fourth-order valence-corrected chi connectivity index (χ4v) is 2.63. The van der Waals surface area contributed by atoms with Crippen molar-refractivity contribution in [2.75, 3.05) is 40.5 Å². The van der Waals surface area contributed by atoms with Crippen molar-refractivity contribution in [2.45, 2.75) is 31.8 Å². The highest BCUT2D eigenvalue weighted by Crippen LogP contribution is 2.23. The molecule has 1 unspecified atom stereocenters. The zero-order valence-corrected chi connectivity index (χ0v) is 14.9. The maximum Gasteiger partial charge on any atom is 0.191 e. The van der Waals surface area contributed by atoms with Crippen molar-refractivity contribution >= 4 is 5.96 Å². The Bertz CT molecular complexity index is 528. The van der Waals surface area contributed by atoms with Crippen molar-refractivity contribution in [3.05, 3.63) is 24.3 Å². The molecule has 2 N–H and O–H groups in total. The van der Waals surface area contributed by atoms with Gasteiger partial charge >= 0.3 is 0 Å². The van der Waals surface area contributed by atoms with E-state index in [1.165, 1.54) is 0 Å². The second kappa shape index (κ2) is 9.37. The first-order chi connectivity index (χ1) is 11.6. The van der Waals surface area contributed by atoms with Gasteiger partial charge in [-0.15, -0.1) is 0 Å². The standard InChI is InChI=1S/C18H29N3O3/c1-18(9-5-12-24-18)14-21-17(19-2)20-10-6-11-23-16-8-4-7-15(13-16)22-3/h4,7-8,13H,5-6,9-12,14H2,1-3H3,(H2,19,20,21). The Labute approximate surface area is 144 Å². The van der Waals surface area contributed by atoms with Crippen LogP contribution in [0.5, 0.6) is 11.5 Å². The van der Waals surface area contributed by atoms with Crippen LogP contribution in [0.3, 0.4) is 0 Å². The summed E-state index contributed by atoms with van der Waals surface area (Å²) in [7, 11) is 3.43. The molecule has 0 bridgehead atoms. The second-order valence-corrected chi connectivity index (χ2v) is 6.14. The van der Waals surface area contributed by atoms with Crippen LogP contribution in [0.2, 0.25) is 0 Å². The molecule has 1 aromatic carbocycles. The Morgan fingerprint density at radius 2 is 2.17 bits per heavy atom. The molecule has 6 nitrogen and oxygen atoms in total. The van der Waals surface area contributed by atoms with E-state index in [9.17, 15) is 0 Å². The molecule has 1 heterocycles. The van der Waals surface area contributed by atoms with Crippen molar-refractivity contribution in [3.8, 4) is 11.5 Å². The van der Waals surface area contributed by atoms with Crippen LogP contribution >= 0.6 is 0 Å². The van der Waals surface area contributed by atoms with Gasteiger partial charge in [0.25, 0.3) is 0 Å². The minimum Gasteiger partial charge on any atom is -0.497 e. The van der Waals surface area contributed by atoms with E-state index >= 15 is 0 Å². The molecule has 2 rings (SSSR count). The fourth-order valence-electron chi connectivity index (χ4n) is 2.63. The summed E-state index contributed by atoms with van der Waals surface area (Å²) in [6.07, 6.45) is 3.10. The lowest BCUT2D eigenvalue weighted by atomic mass is 10.0. The third-order valence-corrected chi connectivity index (χ3v) is 4.08. The molecule has 1 saturated heterocycles. The number of nitrogens with zero attached hydrogens (tertiary/aromatic N) is 1. The molecular weight excluding hydrogens is 306 g/mol. The molecule has 1 fully saturated rings. The summed E-state index contributed by atoms with van der Waals surface area (Å²) in [5.41, 5.74) is -0.0763. The SMILES string of the molecule is CN=C(NCCCOc1cccc(OC)c1)NCC1(C)CCCO1. The summed E-state index contributed by atoms with van der Waals surface area (Å²) in [6.45, 7) is 5.19. The van der Waals surface area contributed by atoms with E-state index in [-0.39, 0.29) is 5.60 Å². The number of guanidine groups is 1. The Kier molecular flexibility index (Phi) is 7.18. The Morgan fingerprint density at radius 3 is 2.88 bits per heavy atom. The lowest BCUT2D eigenvalue weighted by Gasteiger charge is -2.24. The Morgan fingerprint density at radius 1 is 1.33 bits per heavy atom. The monoisotopic (exact) mass is 335 g/mol. The van der Waals surface area contributed by atoms with Crippen molar-refractivity contribution in [2.24, 2.45) is 4.99 Å². The second-order valence-electron chi connectivity index (χ2n) is 6.14. The summed E-state index contributed by atoms with van der Waals surface area (Å²) < 4.78 is 16.7. The number of benzene rings is 1. The molecule has 1 aromatic rings. The Balaban J connectivity index is 1.61. The molecule has 0 radical (unpaired) electrons. The molecule has 1 atom stereocenters. The third-order valence-electron chi connectivity index (χ3n) is 4.08. The quantitative estimate of drug-likeness (QED) is 0.433. The number of ether oxygens (including phenoxy) is 3. The van der Waals surface area contributed by atoms with E-state index in [1.807, 2.05) is 24.3 Å². The van der Waals surface area contributed by atoms with Gasteiger partial charge in [-0.2, -0.15) is 0 Å². The summed E-state index contributed by atoms with van der Waals surface area (Å²) in [4.78, 5) is 4.24. The van der Waals surface area contributed by atoms with Gasteiger partial charge in [-0.05, 0) is 38.3 Å². The highest BCUT2D eigenvalue weighted by atomic mass is 16.5. The number of hydrogen-bond acceptors (Lipinski definition) is 4. The van der Waals surface area contributed by atoms with Crippen molar-refractivity contribution < 1.29 is 14.2 Å². The number of rotatable bonds is 8. The highest BCUT2D eigenvalue weighted by Gasteiger charge is 2.29. The van der Waals surface area contributed by atoms with Crippen LogP contribution in [0.1, 0.15) is 26.2 Å².